The molecular formula is H4BNaO2. The van der Waals surface area contributed by atoms with E-state index in [9.17, 15) is 0 Å². The summed E-state index contributed by atoms with van der Waals surface area (Å²) >= 11 is 0. The molecular weight excluding hydrogens is 65.8 g/mol. The maximum atomic E-state index is 7.00. The van der Waals surface area contributed by atoms with Crippen molar-refractivity contribution in [3.63, 3.8) is 0 Å². The molecule has 0 aromatic carbocycles. The third kappa shape index (κ3) is 12.1. The van der Waals surface area contributed by atoms with E-state index in [1.165, 1.54) is 0 Å². The molecule has 0 atom stereocenters. The zero-order valence-electron chi connectivity index (χ0n) is 2.47. The topological polar surface area (TPSA) is 40.5 Å². The SMILES string of the molecule is O[B-]O.[HH].[Na+]. The minimum absolute atomic E-state index is 0. The number of hydrogen-bond donors (Lipinski definition) is 2. The zero-order valence-corrected chi connectivity index (χ0v) is 4.47. The summed E-state index contributed by atoms with van der Waals surface area (Å²) < 4.78 is 0. The van der Waals surface area contributed by atoms with Crippen molar-refractivity contribution >= 4 is 7.69 Å². The van der Waals surface area contributed by atoms with Gasteiger partial charge in [0.15, 0.2) is 0 Å². The summed E-state index contributed by atoms with van der Waals surface area (Å²) in [6.45, 7) is 0. The smallest absolute Gasteiger partial charge is 0.639 e. The second-order valence-electron chi connectivity index (χ2n) is 0.115. The second kappa shape index (κ2) is 9.01. The largest absolute Gasteiger partial charge is 1.00 e. The summed E-state index contributed by atoms with van der Waals surface area (Å²) in [7, 11) is 0. The first kappa shape index (κ1) is 8.88. The van der Waals surface area contributed by atoms with Gasteiger partial charge in [0.05, 0.1) is 0 Å². The van der Waals surface area contributed by atoms with Crippen molar-refractivity contribution in [2.75, 3.05) is 0 Å². The van der Waals surface area contributed by atoms with Crippen LogP contribution in [-0.4, -0.2) is 17.7 Å². The summed E-state index contributed by atoms with van der Waals surface area (Å²) in [6.07, 6.45) is 0. The maximum absolute atomic E-state index is 7.00. The average molecular weight is 69.8 g/mol. The van der Waals surface area contributed by atoms with E-state index >= 15 is 0 Å². The summed E-state index contributed by atoms with van der Waals surface area (Å²) in [6, 6.07) is 0. The monoisotopic (exact) mass is 70.0 g/mol. The van der Waals surface area contributed by atoms with Gasteiger partial charge in [-0.05, 0) is 7.69 Å². The third-order valence-corrected chi connectivity index (χ3v) is 0. The van der Waals surface area contributed by atoms with Crippen molar-refractivity contribution in [3.8, 4) is 0 Å². The Kier molecular flexibility index (Phi) is 20.0. The van der Waals surface area contributed by atoms with E-state index in [0.29, 0.717) is 0 Å². The Morgan fingerprint density at radius 3 is 1.50 bits per heavy atom. The molecule has 0 saturated carbocycles. The Bertz CT molecular complexity index is 9.61. The van der Waals surface area contributed by atoms with Gasteiger partial charge in [-0.1, -0.05) is 0 Å². The van der Waals surface area contributed by atoms with E-state index in [0.717, 1.165) is 0 Å². The molecule has 0 heterocycles. The van der Waals surface area contributed by atoms with Crippen LogP contribution in [0.15, 0.2) is 0 Å². The van der Waals surface area contributed by atoms with Gasteiger partial charge in [0.25, 0.3) is 0 Å². The fourth-order valence-electron chi connectivity index (χ4n) is 0. The van der Waals surface area contributed by atoms with Gasteiger partial charge >= 0.3 is 29.6 Å². The van der Waals surface area contributed by atoms with E-state index in [4.69, 9.17) is 10.0 Å². The van der Waals surface area contributed by atoms with Gasteiger partial charge < -0.3 is 10.0 Å². The third-order valence-electron chi connectivity index (χ3n) is 0. The molecule has 0 aliphatic heterocycles. The van der Waals surface area contributed by atoms with Crippen LogP contribution in [0, 0.1) is 0 Å². The predicted octanol–water partition coefficient (Wildman–Crippen LogP) is -4.24. The molecule has 0 unspecified atom stereocenters. The summed E-state index contributed by atoms with van der Waals surface area (Å²) in [5.74, 6) is 0. The van der Waals surface area contributed by atoms with Crippen LogP contribution in [0.4, 0.5) is 0 Å². The van der Waals surface area contributed by atoms with Crippen LogP contribution in [0.1, 0.15) is 1.43 Å². The van der Waals surface area contributed by atoms with Gasteiger partial charge in [0, 0.05) is 1.43 Å². The molecule has 0 bridgehead atoms. The summed E-state index contributed by atoms with van der Waals surface area (Å²) in [4.78, 5) is 0. The molecule has 2 N–H and O–H groups in total. The molecule has 0 fully saturated rings. The zero-order chi connectivity index (χ0) is 2.71. The van der Waals surface area contributed by atoms with Crippen LogP contribution >= 0.6 is 0 Å². The van der Waals surface area contributed by atoms with E-state index in [1.54, 1.807) is 0 Å². The predicted molar refractivity (Wildman–Crippen MR) is 12.3 cm³/mol. The van der Waals surface area contributed by atoms with Gasteiger partial charge in [-0.3, -0.25) is 0 Å². The first-order valence-electron chi connectivity index (χ1n) is 0.516. The maximum Gasteiger partial charge on any atom is 1.00 e. The molecule has 20 valence electrons. The molecule has 0 spiro atoms. The molecule has 0 aliphatic rings. The number of rotatable bonds is 0. The molecule has 2 nitrogen and oxygen atoms in total. The van der Waals surface area contributed by atoms with Crippen molar-refractivity contribution in [3.05, 3.63) is 0 Å². The van der Waals surface area contributed by atoms with Crippen LogP contribution in [0.2, 0.25) is 0 Å². The molecule has 0 aromatic rings. The Labute approximate surface area is 48.9 Å². The van der Waals surface area contributed by atoms with Crippen molar-refractivity contribution in [2.24, 2.45) is 0 Å². The molecule has 0 rings (SSSR count). The van der Waals surface area contributed by atoms with Crippen LogP contribution in [0.3, 0.4) is 0 Å². The normalized spacial score (nSPS) is 4.50. The van der Waals surface area contributed by atoms with Crippen molar-refractivity contribution in [2.45, 2.75) is 0 Å². The summed E-state index contributed by atoms with van der Waals surface area (Å²) in [5, 5.41) is 14.0. The van der Waals surface area contributed by atoms with Crippen molar-refractivity contribution < 1.29 is 41.0 Å². The number of hydrogen-bond acceptors (Lipinski definition) is 2. The fraction of sp³-hybridized carbons (Fsp3) is 0. The van der Waals surface area contributed by atoms with Gasteiger partial charge in [-0.2, -0.15) is 0 Å². The molecule has 2 radical (unpaired) electrons. The first-order chi connectivity index (χ1) is 1.41. The average Bonchev–Trinajstić information content (AvgIpc) is 0.918. The standard InChI is InChI=1S/BH2O2.Na.H2/c2-1-3;;/h2-3H;;1H/q-1;+1;. The molecule has 0 aliphatic carbocycles. The van der Waals surface area contributed by atoms with Gasteiger partial charge in [-0.25, -0.2) is 0 Å². The van der Waals surface area contributed by atoms with Crippen LogP contribution in [0.25, 0.3) is 0 Å². The van der Waals surface area contributed by atoms with E-state index in [2.05, 4.69) is 0 Å². The Morgan fingerprint density at radius 1 is 1.50 bits per heavy atom. The van der Waals surface area contributed by atoms with Crippen LogP contribution < -0.4 is 29.6 Å². The van der Waals surface area contributed by atoms with Crippen molar-refractivity contribution in [1.82, 2.24) is 0 Å². The van der Waals surface area contributed by atoms with Crippen LogP contribution in [-0.2, 0) is 0 Å². The van der Waals surface area contributed by atoms with E-state index in [-0.39, 0.29) is 38.7 Å². The van der Waals surface area contributed by atoms with Gasteiger partial charge in [0.1, 0.15) is 0 Å². The molecule has 0 aromatic heterocycles. The van der Waals surface area contributed by atoms with Crippen LogP contribution in [0.5, 0.6) is 0 Å². The second-order valence-corrected chi connectivity index (χ2v) is 0.115. The molecule has 0 amide bonds. The summed E-state index contributed by atoms with van der Waals surface area (Å²) in [5.41, 5.74) is 0. The Balaban J connectivity index is -0.0000000200. The minimum atomic E-state index is 0. The fourth-order valence-corrected chi connectivity index (χ4v) is 0. The Hall–Kier alpha value is 0.985. The molecule has 4 heavy (non-hydrogen) atoms. The van der Waals surface area contributed by atoms with Gasteiger partial charge in [-0.15, -0.1) is 0 Å². The van der Waals surface area contributed by atoms with E-state index < -0.39 is 0 Å². The molecule has 0 saturated heterocycles. The van der Waals surface area contributed by atoms with E-state index in [1.807, 2.05) is 0 Å². The van der Waals surface area contributed by atoms with Crippen molar-refractivity contribution in [1.29, 1.82) is 0 Å². The quantitative estimate of drug-likeness (QED) is 0.283. The minimum Gasteiger partial charge on any atom is -0.639 e. The Morgan fingerprint density at radius 2 is 1.50 bits per heavy atom. The van der Waals surface area contributed by atoms with Gasteiger partial charge in [0.2, 0.25) is 0 Å². The first-order valence-corrected chi connectivity index (χ1v) is 0.516. The molecule has 4 heteroatoms.